The Kier molecular flexibility index (Phi) is 6.13. The predicted octanol–water partition coefficient (Wildman–Crippen LogP) is 3.01. The molecule has 1 heterocycles. The fourth-order valence-corrected chi connectivity index (χ4v) is 2.52. The van der Waals surface area contributed by atoms with E-state index in [1.54, 1.807) is 0 Å². The van der Waals surface area contributed by atoms with Crippen LogP contribution in [0, 0.1) is 11.8 Å². The molecule has 0 spiro atoms. The highest BCUT2D eigenvalue weighted by Crippen LogP contribution is 2.21. The Hall–Kier alpha value is -0.570. The first kappa shape index (κ1) is 15.5. The third-order valence-corrected chi connectivity index (χ3v) is 3.71. The van der Waals surface area contributed by atoms with Gasteiger partial charge in [0.2, 0.25) is 5.91 Å². The smallest absolute Gasteiger partial charge is 0.241 e. The van der Waals surface area contributed by atoms with Gasteiger partial charge in [0.05, 0.1) is 12.2 Å². The Morgan fingerprint density at radius 1 is 1.28 bits per heavy atom. The highest BCUT2D eigenvalue weighted by molar-refractivity contribution is 5.84. The standard InChI is InChI=1S/C15H30N2O/c1-6-7-8-13-15(18)17(10-9-11(2)3)14(16-13)12(4)5/h11-14,16H,6-10H2,1-5H3. The fourth-order valence-electron chi connectivity index (χ4n) is 2.52. The minimum absolute atomic E-state index is 0.0597. The fraction of sp³-hybridized carbons (Fsp3) is 0.933. The third kappa shape index (κ3) is 3.98. The van der Waals surface area contributed by atoms with Crippen molar-refractivity contribution in [2.24, 2.45) is 11.8 Å². The van der Waals surface area contributed by atoms with Crippen LogP contribution in [-0.4, -0.2) is 29.6 Å². The van der Waals surface area contributed by atoms with Gasteiger partial charge in [0, 0.05) is 6.54 Å². The van der Waals surface area contributed by atoms with Crippen molar-refractivity contribution in [3.05, 3.63) is 0 Å². The molecule has 1 aliphatic rings. The molecule has 2 unspecified atom stereocenters. The van der Waals surface area contributed by atoms with Crippen molar-refractivity contribution in [2.75, 3.05) is 6.54 Å². The normalized spacial score (nSPS) is 24.6. The van der Waals surface area contributed by atoms with E-state index in [2.05, 4.69) is 44.8 Å². The Bertz CT molecular complexity index is 263. The summed E-state index contributed by atoms with van der Waals surface area (Å²) in [5.41, 5.74) is 0. The molecule has 1 N–H and O–H groups in total. The van der Waals surface area contributed by atoms with Crippen LogP contribution in [0.5, 0.6) is 0 Å². The molecule has 1 rings (SSSR count). The second kappa shape index (κ2) is 7.13. The van der Waals surface area contributed by atoms with Gasteiger partial charge in [0.25, 0.3) is 0 Å². The molecule has 3 heteroatoms. The molecule has 1 fully saturated rings. The van der Waals surface area contributed by atoms with Crippen molar-refractivity contribution in [3.63, 3.8) is 0 Å². The van der Waals surface area contributed by atoms with Crippen LogP contribution in [-0.2, 0) is 4.79 Å². The van der Waals surface area contributed by atoms with E-state index in [0.29, 0.717) is 17.7 Å². The van der Waals surface area contributed by atoms with Crippen molar-refractivity contribution in [1.82, 2.24) is 10.2 Å². The summed E-state index contributed by atoms with van der Waals surface area (Å²) in [4.78, 5) is 14.5. The van der Waals surface area contributed by atoms with Crippen LogP contribution in [0.25, 0.3) is 0 Å². The number of unbranched alkanes of at least 4 members (excludes halogenated alkanes) is 1. The zero-order valence-corrected chi connectivity index (χ0v) is 12.7. The van der Waals surface area contributed by atoms with Crippen molar-refractivity contribution in [3.8, 4) is 0 Å². The van der Waals surface area contributed by atoms with Gasteiger partial charge in [-0.25, -0.2) is 0 Å². The van der Waals surface area contributed by atoms with Gasteiger partial charge in [-0.3, -0.25) is 10.1 Å². The molecular weight excluding hydrogens is 224 g/mol. The molecule has 3 nitrogen and oxygen atoms in total. The minimum Gasteiger partial charge on any atom is -0.326 e. The molecule has 0 bridgehead atoms. The minimum atomic E-state index is 0.0597. The first-order valence-electron chi connectivity index (χ1n) is 7.53. The summed E-state index contributed by atoms with van der Waals surface area (Å²) in [5.74, 6) is 1.45. The van der Waals surface area contributed by atoms with Crippen LogP contribution in [0.3, 0.4) is 0 Å². The van der Waals surface area contributed by atoms with Gasteiger partial charge < -0.3 is 4.90 Å². The highest BCUT2D eigenvalue weighted by Gasteiger charge is 2.39. The lowest BCUT2D eigenvalue weighted by atomic mass is 10.1. The van der Waals surface area contributed by atoms with Crippen molar-refractivity contribution < 1.29 is 4.79 Å². The molecule has 0 radical (unpaired) electrons. The van der Waals surface area contributed by atoms with Gasteiger partial charge >= 0.3 is 0 Å². The monoisotopic (exact) mass is 254 g/mol. The van der Waals surface area contributed by atoms with Gasteiger partial charge in [0.15, 0.2) is 0 Å². The van der Waals surface area contributed by atoms with Gasteiger partial charge in [-0.05, 0) is 24.7 Å². The lowest BCUT2D eigenvalue weighted by Gasteiger charge is -2.27. The number of hydrogen-bond acceptors (Lipinski definition) is 2. The Labute approximate surface area is 112 Å². The molecule has 18 heavy (non-hydrogen) atoms. The van der Waals surface area contributed by atoms with Gasteiger partial charge in [-0.2, -0.15) is 0 Å². The van der Waals surface area contributed by atoms with E-state index < -0.39 is 0 Å². The lowest BCUT2D eigenvalue weighted by Crippen LogP contribution is -2.42. The van der Waals surface area contributed by atoms with E-state index in [9.17, 15) is 4.79 Å². The largest absolute Gasteiger partial charge is 0.326 e. The summed E-state index contributed by atoms with van der Waals surface area (Å²) < 4.78 is 0. The van der Waals surface area contributed by atoms with Crippen molar-refractivity contribution in [2.45, 2.75) is 72.5 Å². The number of nitrogens with zero attached hydrogens (tertiary/aromatic N) is 1. The van der Waals surface area contributed by atoms with Gasteiger partial charge in [-0.15, -0.1) is 0 Å². The summed E-state index contributed by atoms with van der Waals surface area (Å²) >= 11 is 0. The third-order valence-electron chi connectivity index (χ3n) is 3.71. The Balaban J connectivity index is 2.62. The van der Waals surface area contributed by atoms with Crippen molar-refractivity contribution >= 4 is 5.91 Å². The zero-order valence-electron chi connectivity index (χ0n) is 12.7. The summed E-state index contributed by atoms with van der Waals surface area (Å²) in [6.45, 7) is 11.9. The van der Waals surface area contributed by atoms with E-state index in [4.69, 9.17) is 0 Å². The summed E-state index contributed by atoms with van der Waals surface area (Å²) in [5, 5.41) is 3.53. The molecule has 1 aliphatic heterocycles. The molecule has 1 saturated heterocycles. The quantitative estimate of drug-likeness (QED) is 0.757. The van der Waals surface area contributed by atoms with Crippen LogP contribution in [0.2, 0.25) is 0 Å². The molecule has 0 aromatic rings. The van der Waals surface area contributed by atoms with Crippen LogP contribution in [0.1, 0.15) is 60.3 Å². The van der Waals surface area contributed by atoms with E-state index >= 15 is 0 Å². The Morgan fingerprint density at radius 2 is 1.94 bits per heavy atom. The molecule has 0 saturated carbocycles. The van der Waals surface area contributed by atoms with Crippen LogP contribution in [0.4, 0.5) is 0 Å². The van der Waals surface area contributed by atoms with E-state index in [1.807, 2.05) is 0 Å². The second-order valence-electron chi connectivity index (χ2n) is 6.26. The Morgan fingerprint density at radius 3 is 2.44 bits per heavy atom. The molecule has 0 aromatic heterocycles. The van der Waals surface area contributed by atoms with Crippen molar-refractivity contribution in [1.29, 1.82) is 0 Å². The average molecular weight is 254 g/mol. The number of carbonyl (C=O) groups excluding carboxylic acids is 1. The number of carbonyl (C=O) groups is 1. The maximum absolute atomic E-state index is 12.4. The van der Waals surface area contributed by atoms with Gasteiger partial charge in [-0.1, -0.05) is 47.5 Å². The lowest BCUT2D eigenvalue weighted by molar-refractivity contribution is -0.130. The topological polar surface area (TPSA) is 32.3 Å². The maximum atomic E-state index is 12.4. The molecular formula is C15H30N2O. The molecule has 0 aromatic carbocycles. The van der Waals surface area contributed by atoms with Crippen LogP contribution >= 0.6 is 0 Å². The van der Waals surface area contributed by atoms with E-state index in [0.717, 1.165) is 32.2 Å². The molecule has 106 valence electrons. The second-order valence-corrected chi connectivity index (χ2v) is 6.26. The van der Waals surface area contributed by atoms with E-state index in [-0.39, 0.29) is 12.2 Å². The SMILES string of the molecule is CCCCC1NC(C(C)C)N(CCC(C)C)C1=O. The number of hydrogen-bond donors (Lipinski definition) is 1. The highest BCUT2D eigenvalue weighted by atomic mass is 16.2. The number of amides is 1. The first-order chi connectivity index (χ1) is 8.47. The summed E-state index contributed by atoms with van der Waals surface area (Å²) in [6, 6.07) is 0.0597. The molecule has 2 atom stereocenters. The van der Waals surface area contributed by atoms with Crippen LogP contribution < -0.4 is 5.32 Å². The molecule has 0 aliphatic carbocycles. The number of nitrogens with one attached hydrogen (secondary N) is 1. The van der Waals surface area contributed by atoms with E-state index in [1.165, 1.54) is 0 Å². The number of rotatable bonds is 7. The zero-order chi connectivity index (χ0) is 13.7. The van der Waals surface area contributed by atoms with Crippen LogP contribution in [0.15, 0.2) is 0 Å². The first-order valence-corrected chi connectivity index (χ1v) is 7.53. The predicted molar refractivity (Wildman–Crippen MR) is 76.2 cm³/mol. The summed E-state index contributed by atoms with van der Waals surface area (Å²) in [6.07, 6.45) is 4.60. The maximum Gasteiger partial charge on any atom is 0.241 e. The average Bonchev–Trinajstić information content (AvgIpc) is 2.61. The summed E-state index contributed by atoms with van der Waals surface area (Å²) in [7, 11) is 0. The molecule has 1 amide bonds. The van der Waals surface area contributed by atoms with Gasteiger partial charge in [0.1, 0.15) is 0 Å².